The minimum Gasteiger partial charge on any atom is -0.211 e. The third-order valence-corrected chi connectivity index (χ3v) is 3.02. The highest BCUT2D eigenvalue weighted by atomic mass is 16.1. The third-order valence-electron chi connectivity index (χ3n) is 3.02. The van der Waals surface area contributed by atoms with Crippen LogP contribution in [0.1, 0.15) is 11.1 Å². The van der Waals surface area contributed by atoms with E-state index in [2.05, 4.69) is 17.1 Å². The molecular weight excluding hydrogens is 186 g/mol. The van der Waals surface area contributed by atoms with Crippen molar-refractivity contribution in [1.82, 2.24) is 0 Å². The van der Waals surface area contributed by atoms with Crippen LogP contribution in [0.3, 0.4) is 0 Å². The molecule has 0 amide bonds. The Hall–Kier alpha value is -1.92. The summed E-state index contributed by atoms with van der Waals surface area (Å²) in [4.78, 5) is 14.1. The number of rotatable bonds is 1. The molecule has 0 aromatic heterocycles. The second-order valence-electron chi connectivity index (χ2n) is 3.79. The van der Waals surface area contributed by atoms with E-state index in [9.17, 15) is 4.79 Å². The fourth-order valence-electron chi connectivity index (χ4n) is 2.38. The summed E-state index contributed by atoms with van der Waals surface area (Å²) in [6.45, 7) is 0. The first-order chi connectivity index (χ1) is 7.40. The smallest absolute Gasteiger partial charge is 0.211 e. The largest absolute Gasteiger partial charge is 0.240 e. The Morgan fingerprint density at radius 3 is 2.67 bits per heavy atom. The molecule has 0 N–H and O–H groups in total. The summed E-state index contributed by atoms with van der Waals surface area (Å²) in [6, 6.07) is 10.2. The van der Waals surface area contributed by atoms with Crippen molar-refractivity contribution in [3.63, 3.8) is 0 Å². The van der Waals surface area contributed by atoms with E-state index in [1.165, 1.54) is 16.5 Å². The zero-order valence-electron chi connectivity index (χ0n) is 8.16. The second kappa shape index (κ2) is 3.04. The maximum atomic E-state index is 10.3. The van der Waals surface area contributed by atoms with E-state index in [0.717, 1.165) is 23.9 Å². The molecule has 1 aliphatic rings. The third kappa shape index (κ3) is 1.12. The molecule has 15 heavy (non-hydrogen) atoms. The Kier molecular flexibility index (Phi) is 1.70. The van der Waals surface area contributed by atoms with Crippen molar-refractivity contribution in [2.45, 2.75) is 12.8 Å². The fourth-order valence-corrected chi connectivity index (χ4v) is 2.38. The molecule has 2 aromatic rings. The Morgan fingerprint density at radius 1 is 1.07 bits per heavy atom. The lowest BCUT2D eigenvalue weighted by Crippen LogP contribution is -1.79. The van der Waals surface area contributed by atoms with E-state index < -0.39 is 0 Å². The monoisotopic (exact) mass is 195 g/mol. The number of nitrogens with zero attached hydrogens (tertiary/aromatic N) is 1. The van der Waals surface area contributed by atoms with Gasteiger partial charge in [-0.1, -0.05) is 24.3 Å². The van der Waals surface area contributed by atoms with Crippen molar-refractivity contribution in [2.75, 3.05) is 0 Å². The van der Waals surface area contributed by atoms with Crippen LogP contribution in [0, 0.1) is 0 Å². The van der Waals surface area contributed by atoms with Gasteiger partial charge in [-0.25, -0.2) is 4.79 Å². The van der Waals surface area contributed by atoms with Gasteiger partial charge in [-0.05, 0) is 35.4 Å². The van der Waals surface area contributed by atoms with Crippen molar-refractivity contribution in [2.24, 2.45) is 4.99 Å². The molecule has 0 spiro atoms. The molecule has 0 saturated heterocycles. The van der Waals surface area contributed by atoms with E-state index >= 15 is 0 Å². The van der Waals surface area contributed by atoms with Crippen LogP contribution in [0.5, 0.6) is 0 Å². The molecular formula is C13H9NO. The molecule has 0 fully saturated rings. The minimum atomic E-state index is 0.729. The van der Waals surface area contributed by atoms with E-state index in [4.69, 9.17) is 0 Å². The number of aliphatic imine (C=N–C) groups is 1. The predicted octanol–water partition coefficient (Wildman–Crippen LogP) is 2.91. The van der Waals surface area contributed by atoms with Crippen LogP contribution in [-0.2, 0) is 17.6 Å². The molecule has 1 aliphatic carbocycles. The number of benzene rings is 2. The van der Waals surface area contributed by atoms with Gasteiger partial charge in [0, 0.05) is 5.39 Å². The number of isocyanates is 1. The molecule has 0 radical (unpaired) electrons. The van der Waals surface area contributed by atoms with Gasteiger partial charge in [-0.2, -0.15) is 4.99 Å². The molecule has 2 aromatic carbocycles. The number of aryl methyl sites for hydroxylation is 2. The van der Waals surface area contributed by atoms with Crippen LogP contribution in [0.25, 0.3) is 10.8 Å². The van der Waals surface area contributed by atoms with E-state index in [1.807, 2.05) is 18.2 Å². The lowest BCUT2D eigenvalue weighted by molar-refractivity contribution is 0.565. The van der Waals surface area contributed by atoms with Crippen LogP contribution in [-0.4, -0.2) is 6.08 Å². The highest BCUT2D eigenvalue weighted by Gasteiger charge is 2.15. The quantitative estimate of drug-likeness (QED) is 0.508. The zero-order valence-corrected chi connectivity index (χ0v) is 8.16. The molecule has 3 rings (SSSR count). The molecule has 0 unspecified atom stereocenters. The predicted molar refractivity (Wildman–Crippen MR) is 59.1 cm³/mol. The summed E-state index contributed by atoms with van der Waals surface area (Å²) in [7, 11) is 0. The van der Waals surface area contributed by atoms with Crippen molar-refractivity contribution < 1.29 is 4.79 Å². The van der Waals surface area contributed by atoms with Gasteiger partial charge >= 0.3 is 0 Å². The van der Waals surface area contributed by atoms with Crippen LogP contribution in [0.15, 0.2) is 35.3 Å². The summed E-state index contributed by atoms with van der Waals surface area (Å²) in [5.41, 5.74) is 3.46. The topological polar surface area (TPSA) is 29.4 Å². The molecule has 2 nitrogen and oxygen atoms in total. The maximum Gasteiger partial charge on any atom is 0.240 e. The number of hydrogen-bond acceptors (Lipinski definition) is 2. The van der Waals surface area contributed by atoms with Gasteiger partial charge in [0.25, 0.3) is 0 Å². The maximum absolute atomic E-state index is 10.3. The summed E-state index contributed by atoms with van der Waals surface area (Å²) in [5.74, 6) is 0. The van der Waals surface area contributed by atoms with E-state index in [-0.39, 0.29) is 0 Å². The zero-order chi connectivity index (χ0) is 10.3. The number of hydrogen-bond donors (Lipinski definition) is 0. The summed E-state index contributed by atoms with van der Waals surface area (Å²) >= 11 is 0. The average Bonchev–Trinajstić information content (AvgIpc) is 2.68. The van der Waals surface area contributed by atoms with Crippen molar-refractivity contribution in [3.05, 3.63) is 41.5 Å². The fraction of sp³-hybridized carbons (Fsp3) is 0.154. The molecule has 0 bridgehead atoms. The molecule has 72 valence electrons. The molecule has 0 heterocycles. The van der Waals surface area contributed by atoms with Gasteiger partial charge < -0.3 is 0 Å². The Labute approximate surface area is 87.3 Å². The summed E-state index contributed by atoms with van der Waals surface area (Å²) in [5, 5.41) is 2.36. The van der Waals surface area contributed by atoms with Crippen LogP contribution < -0.4 is 0 Å². The van der Waals surface area contributed by atoms with Gasteiger partial charge in [0.1, 0.15) is 0 Å². The van der Waals surface area contributed by atoms with Gasteiger partial charge in [0.05, 0.1) is 5.69 Å². The first-order valence-corrected chi connectivity index (χ1v) is 5.01. The van der Waals surface area contributed by atoms with E-state index in [1.54, 1.807) is 6.08 Å². The lowest BCUT2D eigenvalue weighted by atomic mass is 10.0. The van der Waals surface area contributed by atoms with Gasteiger partial charge in [0.15, 0.2) is 0 Å². The van der Waals surface area contributed by atoms with Crippen molar-refractivity contribution in [1.29, 1.82) is 0 Å². The Morgan fingerprint density at radius 2 is 1.87 bits per heavy atom. The van der Waals surface area contributed by atoms with Crippen LogP contribution in [0.4, 0.5) is 5.69 Å². The molecule has 2 heteroatoms. The Bertz CT molecular complexity index is 585. The molecule has 0 saturated carbocycles. The van der Waals surface area contributed by atoms with Crippen LogP contribution >= 0.6 is 0 Å². The normalized spacial score (nSPS) is 12.8. The number of carbonyl (C=O) groups excluding carboxylic acids is 1. The molecule has 0 aliphatic heterocycles. The van der Waals surface area contributed by atoms with Crippen molar-refractivity contribution >= 4 is 22.5 Å². The Balaban J connectivity index is 2.48. The van der Waals surface area contributed by atoms with Crippen LogP contribution in [0.2, 0.25) is 0 Å². The average molecular weight is 195 g/mol. The lowest BCUT2D eigenvalue weighted by Gasteiger charge is -2.03. The van der Waals surface area contributed by atoms with E-state index in [0.29, 0.717) is 0 Å². The van der Waals surface area contributed by atoms with Gasteiger partial charge in [0.2, 0.25) is 6.08 Å². The highest BCUT2D eigenvalue weighted by Crippen LogP contribution is 2.35. The first kappa shape index (κ1) is 8.39. The SMILES string of the molecule is O=C=Nc1ccc2c3c(cccc13)CC2. The summed E-state index contributed by atoms with van der Waals surface area (Å²) < 4.78 is 0. The molecule has 0 atom stereocenters. The highest BCUT2D eigenvalue weighted by molar-refractivity contribution is 5.98. The standard InChI is InChI=1S/C13H9NO/c15-8-14-12-7-6-10-5-4-9-2-1-3-11(12)13(9)10/h1-3,6-7H,4-5H2. The minimum absolute atomic E-state index is 0.729. The first-order valence-electron chi connectivity index (χ1n) is 5.01. The van der Waals surface area contributed by atoms with Gasteiger partial charge in [-0.15, -0.1) is 0 Å². The second-order valence-corrected chi connectivity index (χ2v) is 3.79. The van der Waals surface area contributed by atoms with Gasteiger partial charge in [-0.3, -0.25) is 0 Å². The van der Waals surface area contributed by atoms with Crippen molar-refractivity contribution in [3.8, 4) is 0 Å². The summed E-state index contributed by atoms with van der Waals surface area (Å²) in [6.07, 6.45) is 3.81.